The number of aromatic amines is 1. The van der Waals surface area contributed by atoms with Crippen LogP contribution in [0.5, 0.6) is 0 Å². The highest BCUT2D eigenvalue weighted by molar-refractivity contribution is 6.03. The molecule has 2 N–H and O–H groups in total. The number of aryl methyl sites for hydroxylation is 1. The molecular weight excluding hydrogens is 246 g/mol. The van der Waals surface area contributed by atoms with Gasteiger partial charge in [0, 0.05) is 19.4 Å². The Morgan fingerprint density at radius 2 is 2.26 bits per heavy atom. The van der Waals surface area contributed by atoms with Gasteiger partial charge in [-0.1, -0.05) is 0 Å². The molecule has 0 saturated carbocycles. The Kier molecular flexibility index (Phi) is 3.70. The van der Waals surface area contributed by atoms with Gasteiger partial charge in [-0.15, -0.1) is 0 Å². The second kappa shape index (κ2) is 5.43. The van der Waals surface area contributed by atoms with Crippen LogP contribution in [0.2, 0.25) is 0 Å². The zero-order valence-electron chi connectivity index (χ0n) is 10.8. The van der Waals surface area contributed by atoms with E-state index in [1.54, 1.807) is 49.1 Å². The molecule has 19 heavy (non-hydrogen) atoms. The molecule has 2 heterocycles. The monoisotopic (exact) mass is 261 g/mol. The fourth-order valence-corrected chi connectivity index (χ4v) is 1.69. The van der Waals surface area contributed by atoms with Gasteiger partial charge >= 0.3 is 5.97 Å². The summed E-state index contributed by atoms with van der Waals surface area (Å²) in [5, 5.41) is 2.70. The molecule has 0 fully saturated rings. The molecule has 0 aliphatic carbocycles. The van der Waals surface area contributed by atoms with Gasteiger partial charge in [0.1, 0.15) is 11.4 Å². The van der Waals surface area contributed by atoms with Crippen LogP contribution >= 0.6 is 0 Å². The molecule has 0 unspecified atom stereocenters. The summed E-state index contributed by atoms with van der Waals surface area (Å²) in [5.74, 6) is -0.677. The molecule has 2 rings (SSSR count). The molecule has 0 atom stereocenters. The van der Waals surface area contributed by atoms with Gasteiger partial charge in [-0.25, -0.2) is 4.79 Å². The number of esters is 1. The van der Waals surface area contributed by atoms with Crippen LogP contribution in [-0.2, 0) is 11.8 Å². The summed E-state index contributed by atoms with van der Waals surface area (Å²) in [6.07, 6.45) is 3.34. The Labute approximate surface area is 110 Å². The van der Waals surface area contributed by atoms with E-state index in [-0.39, 0.29) is 5.91 Å². The van der Waals surface area contributed by atoms with E-state index in [1.165, 1.54) is 0 Å². The number of carbonyl (C=O) groups is 2. The number of anilines is 1. The first-order chi connectivity index (χ1) is 9.11. The van der Waals surface area contributed by atoms with E-state index in [1.807, 2.05) is 0 Å². The van der Waals surface area contributed by atoms with Crippen molar-refractivity contribution >= 4 is 17.6 Å². The van der Waals surface area contributed by atoms with Crippen LogP contribution in [0.4, 0.5) is 5.69 Å². The third-order valence-electron chi connectivity index (χ3n) is 2.61. The fraction of sp³-hybridized carbons (Fsp3) is 0.231. The van der Waals surface area contributed by atoms with Crippen molar-refractivity contribution in [1.29, 1.82) is 0 Å². The zero-order chi connectivity index (χ0) is 13.8. The van der Waals surface area contributed by atoms with Gasteiger partial charge in [0.05, 0.1) is 12.3 Å². The summed E-state index contributed by atoms with van der Waals surface area (Å²) < 4.78 is 6.57. The second-order valence-corrected chi connectivity index (χ2v) is 3.98. The summed E-state index contributed by atoms with van der Waals surface area (Å²) in [6, 6.07) is 5.04. The van der Waals surface area contributed by atoms with E-state index in [9.17, 15) is 9.59 Å². The predicted octanol–water partition coefficient (Wildman–Crippen LogP) is 1.78. The van der Waals surface area contributed by atoms with Crippen LogP contribution in [0.1, 0.15) is 27.9 Å². The predicted molar refractivity (Wildman–Crippen MR) is 70.1 cm³/mol. The molecule has 100 valence electrons. The first-order valence-electron chi connectivity index (χ1n) is 5.90. The summed E-state index contributed by atoms with van der Waals surface area (Å²) >= 11 is 0. The fourth-order valence-electron chi connectivity index (χ4n) is 1.69. The van der Waals surface area contributed by atoms with Crippen LogP contribution in [0.25, 0.3) is 0 Å². The van der Waals surface area contributed by atoms with Crippen LogP contribution < -0.4 is 5.32 Å². The van der Waals surface area contributed by atoms with Crippen molar-refractivity contribution in [3.05, 3.63) is 42.0 Å². The summed E-state index contributed by atoms with van der Waals surface area (Å²) in [7, 11) is 1.79. The summed E-state index contributed by atoms with van der Waals surface area (Å²) in [6.45, 7) is 2.04. The zero-order valence-corrected chi connectivity index (χ0v) is 10.8. The van der Waals surface area contributed by atoms with Crippen molar-refractivity contribution in [2.45, 2.75) is 6.92 Å². The molecule has 0 bridgehead atoms. The number of nitrogens with zero attached hydrogens (tertiary/aromatic N) is 1. The van der Waals surface area contributed by atoms with E-state index >= 15 is 0 Å². The standard InChI is InChI=1S/C13H15N3O3/c1-3-19-13(18)10-7-9(8-14-10)15-12(17)11-5-4-6-16(11)2/h4-8,14H,3H2,1-2H3,(H,15,17). The Morgan fingerprint density at radius 1 is 1.47 bits per heavy atom. The van der Waals surface area contributed by atoms with Gasteiger partial charge in [-0.2, -0.15) is 0 Å². The Morgan fingerprint density at radius 3 is 2.89 bits per heavy atom. The summed E-state index contributed by atoms with van der Waals surface area (Å²) in [4.78, 5) is 26.2. The lowest BCUT2D eigenvalue weighted by Crippen LogP contribution is -2.14. The van der Waals surface area contributed by atoms with E-state index in [2.05, 4.69) is 10.3 Å². The highest BCUT2D eigenvalue weighted by Gasteiger charge is 2.13. The van der Waals surface area contributed by atoms with Gasteiger partial charge in [-0.05, 0) is 25.1 Å². The number of rotatable bonds is 4. The maximum atomic E-state index is 11.9. The number of hydrogen-bond acceptors (Lipinski definition) is 3. The molecule has 0 aliphatic rings. The number of nitrogens with one attached hydrogen (secondary N) is 2. The minimum atomic E-state index is -0.443. The molecular formula is C13H15N3O3. The van der Waals surface area contributed by atoms with Crippen molar-refractivity contribution < 1.29 is 14.3 Å². The Balaban J connectivity index is 2.06. The van der Waals surface area contributed by atoms with Crippen molar-refractivity contribution in [1.82, 2.24) is 9.55 Å². The molecule has 0 spiro atoms. The van der Waals surface area contributed by atoms with Gasteiger partial charge in [0.15, 0.2) is 0 Å². The number of aromatic nitrogens is 2. The van der Waals surface area contributed by atoms with E-state index < -0.39 is 5.97 Å². The van der Waals surface area contributed by atoms with Gasteiger partial charge in [-0.3, -0.25) is 4.79 Å². The third kappa shape index (κ3) is 2.85. The van der Waals surface area contributed by atoms with E-state index in [0.29, 0.717) is 23.7 Å². The van der Waals surface area contributed by atoms with Crippen molar-refractivity contribution in [2.75, 3.05) is 11.9 Å². The minimum absolute atomic E-state index is 0.234. The molecule has 6 nitrogen and oxygen atoms in total. The number of amides is 1. The molecule has 6 heteroatoms. The van der Waals surface area contributed by atoms with Gasteiger partial charge < -0.3 is 19.6 Å². The third-order valence-corrected chi connectivity index (χ3v) is 2.61. The van der Waals surface area contributed by atoms with Crippen LogP contribution in [-0.4, -0.2) is 28.0 Å². The number of ether oxygens (including phenoxy) is 1. The Hall–Kier alpha value is -2.50. The first kappa shape index (κ1) is 12.9. The number of hydrogen-bond donors (Lipinski definition) is 2. The lowest BCUT2D eigenvalue weighted by Gasteiger charge is -2.03. The smallest absolute Gasteiger partial charge is 0.354 e. The maximum absolute atomic E-state index is 11.9. The average Bonchev–Trinajstić information content (AvgIpc) is 2.98. The van der Waals surface area contributed by atoms with Crippen LogP contribution in [0.3, 0.4) is 0 Å². The van der Waals surface area contributed by atoms with Crippen LogP contribution in [0, 0.1) is 0 Å². The molecule has 0 aliphatic heterocycles. The SMILES string of the molecule is CCOC(=O)c1cc(NC(=O)c2cccn2C)c[nH]1. The lowest BCUT2D eigenvalue weighted by atomic mass is 10.3. The quantitative estimate of drug-likeness (QED) is 0.824. The van der Waals surface area contributed by atoms with Gasteiger partial charge in [0.25, 0.3) is 5.91 Å². The van der Waals surface area contributed by atoms with E-state index in [0.717, 1.165) is 0 Å². The lowest BCUT2D eigenvalue weighted by molar-refractivity contribution is 0.0520. The second-order valence-electron chi connectivity index (χ2n) is 3.98. The van der Waals surface area contributed by atoms with Crippen LogP contribution in [0.15, 0.2) is 30.6 Å². The minimum Gasteiger partial charge on any atom is -0.461 e. The Bertz CT molecular complexity index is 598. The van der Waals surface area contributed by atoms with Crippen molar-refractivity contribution in [3.8, 4) is 0 Å². The first-order valence-corrected chi connectivity index (χ1v) is 5.90. The van der Waals surface area contributed by atoms with E-state index in [4.69, 9.17) is 4.74 Å². The van der Waals surface area contributed by atoms with Gasteiger partial charge in [0.2, 0.25) is 0 Å². The number of carbonyl (C=O) groups excluding carboxylic acids is 2. The molecule has 0 radical (unpaired) electrons. The molecule has 0 saturated heterocycles. The van der Waals surface area contributed by atoms with Crippen molar-refractivity contribution in [2.24, 2.45) is 7.05 Å². The largest absolute Gasteiger partial charge is 0.461 e. The highest BCUT2D eigenvalue weighted by Crippen LogP contribution is 2.12. The maximum Gasteiger partial charge on any atom is 0.354 e. The average molecular weight is 261 g/mol. The number of H-pyrrole nitrogens is 1. The molecule has 0 aromatic carbocycles. The summed E-state index contributed by atoms with van der Waals surface area (Å²) in [5.41, 5.74) is 1.37. The molecule has 2 aromatic heterocycles. The molecule has 2 aromatic rings. The highest BCUT2D eigenvalue weighted by atomic mass is 16.5. The topological polar surface area (TPSA) is 76.1 Å². The normalized spacial score (nSPS) is 10.2. The van der Waals surface area contributed by atoms with Crippen molar-refractivity contribution in [3.63, 3.8) is 0 Å². The molecule has 1 amide bonds.